The van der Waals surface area contributed by atoms with E-state index in [-0.39, 0.29) is 24.1 Å². The van der Waals surface area contributed by atoms with Crippen molar-refractivity contribution in [2.75, 3.05) is 5.32 Å². The highest BCUT2D eigenvalue weighted by molar-refractivity contribution is 5.92. The zero-order valence-electron chi connectivity index (χ0n) is 11.0. The molecule has 0 aromatic heterocycles. The normalized spacial score (nSPS) is 12.8. The van der Waals surface area contributed by atoms with Gasteiger partial charge >= 0.3 is 6.36 Å². The Hall–Kier alpha value is -1.76. The van der Waals surface area contributed by atoms with Gasteiger partial charge in [-0.2, -0.15) is 0 Å². The van der Waals surface area contributed by atoms with E-state index in [0.29, 0.717) is 12.8 Å². The van der Waals surface area contributed by atoms with Crippen LogP contribution in [0.3, 0.4) is 0 Å². The summed E-state index contributed by atoms with van der Waals surface area (Å²) in [4.78, 5) is 11.6. The van der Waals surface area contributed by atoms with E-state index < -0.39 is 12.1 Å². The summed E-state index contributed by atoms with van der Waals surface area (Å²) in [6.45, 7) is 1.82. The first-order chi connectivity index (χ1) is 9.28. The Labute approximate surface area is 115 Å². The molecule has 4 nitrogen and oxygen atoms in total. The predicted molar refractivity (Wildman–Crippen MR) is 69.3 cm³/mol. The van der Waals surface area contributed by atoms with Crippen molar-refractivity contribution in [3.63, 3.8) is 0 Å². The molecule has 0 aliphatic rings. The van der Waals surface area contributed by atoms with Gasteiger partial charge in [-0.25, -0.2) is 0 Å². The van der Waals surface area contributed by atoms with E-state index in [0.717, 1.165) is 6.07 Å². The lowest BCUT2D eigenvalue weighted by Crippen LogP contribution is -2.20. The highest BCUT2D eigenvalue weighted by Crippen LogP contribution is 2.29. The summed E-state index contributed by atoms with van der Waals surface area (Å²) in [5, 5.41) is 2.40. The third-order valence-corrected chi connectivity index (χ3v) is 2.45. The van der Waals surface area contributed by atoms with Crippen molar-refractivity contribution in [2.45, 2.75) is 38.6 Å². The molecule has 0 fully saturated rings. The molecule has 0 aliphatic heterocycles. The molecule has 1 amide bonds. The van der Waals surface area contributed by atoms with Crippen molar-refractivity contribution in [1.29, 1.82) is 0 Å². The largest absolute Gasteiger partial charge is 0.573 e. The number of amides is 1. The smallest absolute Gasteiger partial charge is 0.404 e. The number of carbonyl (C=O) groups is 1. The van der Waals surface area contributed by atoms with E-state index in [1.165, 1.54) is 18.2 Å². The van der Waals surface area contributed by atoms with Crippen LogP contribution in [0, 0.1) is 0 Å². The van der Waals surface area contributed by atoms with E-state index in [9.17, 15) is 18.0 Å². The average Bonchev–Trinajstić information content (AvgIpc) is 2.29. The number of ether oxygens (including phenoxy) is 1. The molecule has 112 valence electrons. The molecule has 0 bridgehead atoms. The predicted octanol–water partition coefficient (Wildman–Crippen LogP) is 3.04. The number of rotatable bonds is 6. The van der Waals surface area contributed by atoms with Crippen LogP contribution < -0.4 is 15.8 Å². The maximum absolute atomic E-state index is 12.2. The first-order valence-electron chi connectivity index (χ1n) is 6.18. The second-order valence-corrected chi connectivity index (χ2v) is 4.46. The SMILES string of the molecule is CC(N)CCCC(=O)Nc1ccccc1OC(F)(F)F. The van der Waals surface area contributed by atoms with Crippen LogP contribution in [0.25, 0.3) is 0 Å². The lowest BCUT2D eigenvalue weighted by Gasteiger charge is -2.13. The number of alkyl halides is 3. The Morgan fingerprint density at radius 2 is 2.05 bits per heavy atom. The molecule has 0 saturated heterocycles. The molecule has 1 unspecified atom stereocenters. The van der Waals surface area contributed by atoms with Gasteiger partial charge in [0.25, 0.3) is 0 Å². The fourth-order valence-corrected chi connectivity index (χ4v) is 1.58. The van der Waals surface area contributed by atoms with Gasteiger partial charge in [0.2, 0.25) is 5.91 Å². The Bertz CT molecular complexity index is 447. The van der Waals surface area contributed by atoms with Gasteiger partial charge in [0.15, 0.2) is 5.75 Å². The van der Waals surface area contributed by atoms with Gasteiger partial charge in [-0.1, -0.05) is 12.1 Å². The zero-order chi connectivity index (χ0) is 15.2. The van der Waals surface area contributed by atoms with Crippen LogP contribution >= 0.6 is 0 Å². The Morgan fingerprint density at radius 3 is 2.65 bits per heavy atom. The van der Waals surface area contributed by atoms with Gasteiger partial charge in [0.1, 0.15) is 0 Å². The molecule has 0 spiro atoms. The highest BCUT2D eigenvalue weighted by atomic mass is 19.4. The monoisotopic (exact) mass is 290 g/mol. The van der Waals surface area contributed by atoms with Gasteiger partial charge in [0, 0.05) is 12.5 Å². The highest BCUT2D eigenvalue weighted by Gasteiger charge is 2.32. The van der Waals surface area contributed by atoms with Crippen molar-refractivity contribution in [1.82, 2.24) is 0 Å². The van der Waals surface area contributed by atoms with Crippen LogP contribution in [0.2, 0.25) is 0 Å². The van der Waals surface area contributed by atoms with Crippen LogP contribution in [-0.4, -0.2) is 18.3 Å². The molecule has 7 heteroatoms. The minimum absolute atomic E-state index is 0.00405. The molecule has 1 rings (SSSR count). The second-order valence-electron chi connectivity index (χ2n) is 4.46. The summed E-state index contributed by atoms with van der Waals surface area (Å²) in [6.07, 6.45) is -3.35. The topological polar surface area (TPSA) is 64.4 Å². The lowest BCUT2D eigenvalue weighted by molar-refractivity contribution is -0.274. The fourth-order valence-electron chi connectivity index (χ4n) is 1.58. The van der Waals surface area contributed by atoms with Gasteiger partial charge in [-0.15, -0.1) is 13.2 Å². The van der Waals surface area contributed by atoms with E-state index in [4.69, 9.17) is 5.73 Å². The molecule has 1 aromatic rings. The molecule has 0 saturated carbocycles. The Balaban J connectivity index is 2.61. The van der Waals surface area contributed by atoms with Gasteiger partial charge < -0.3 is 15.8 Å². The van der Waals surface area contributed by atoms with Gasteiger partial charge in [-0.3, -0.25) is 4.79 Å². The van der Waals surface area contributed by atoms with E-state index in [2.05, 4.69) is 10.1 Å². The van der Waals surface area contributed by atoms with Gasteiger partial charge in [0.05, 0.1) is 5.69 Å². The van der Waals surface area contributed by atoms with E-state index in [1.807, 2.05) is 6.92 Å². The number of para-hydroxylation sites is 2. The zero-order valence-corrected chi connectivity index (χ0v) is 11.0. The number of hydrogen-bond acceptors (Lipinski definition) is 3. The van der Waals surface area contributed by atoms with Crippen LogP contribution in [0.1, 0.15) is 26.2 Å². The minimum Gasteiger partial charge on any atom is -0.404 e. The lowest BCUT2D eigenvalue weighted by atomic mass is 10.1. The maximum atomic E-state index is 12.2. The number of halogens is 3. The number of nitrogens with two attached hydrogens (primary N) is 1. The number of anilines is 1. The second kappa shape index (κ2) is 7.14. The standard InChI is InChI=1S/C13H17F3N2O2/c1-9(17)5-4-8-12(19)18-10-6-2-3-7-11(10)20-13(14,15)16/h2-3,6-7,9H,4-5,8,17H2,1H3,(H,18,19). The molecular formula is C13H17F3N2O2. The molecule has 20 heavy (non-hydrogen) atoms. The van der Waals surface area contributed by atoms with Crippen LogP contribution in [0.15, 0.2) is 24.3 Å². The Morgan fingerprint density at radius 1 is 1.40 bits per heavy atom. The van der Waals surface area contributed by atoms with Crippen LogP contribution in [-0.2, 0) is 4.79 Å². The van der Waals surface area contributed by atoms with E-state index >= 15 is 0 Å². The third-order valence-electron chi connectivity index (χ3n) is 2.45. The Kier molecular flexibility index (Phi) is 5.82. The minimum atomic E-state index is -4.80. The van der Waals surface area contributed by atoms with Crippen molar-refractivity contribution >= 4 is 11.6 Å². The molecule has 3 N–H and O–H groups in total. The average molecular weight is 290 g/mol. The summed E-state index contributed by atoms with van der Waals surface area (Å²) in [7, 11) is 0. The van der Waals surface area contributed by atoms with Crippen LogP contribution in [0.5, 0.6) is 5.75 Å². The van der Waals surface area contributed by atoms with Crippen molar-refractivity contribution in [3.05, 3.63) is 24.3 Å². The molecule has 1 atom stereocenters. The first kappa shape index (κ1) is 16.3. The van der Waals surface area contributed by atoms with E-state index in [1.54, 1.807) is 0 Å². The molecule has 0 aliphatic carbocycles. The summed E-state index contributed by atoms with van der Waals surface area (Å²) >= 11 is 0. The van der Waals surface area contributed by atoms with Gasteiger partial charge in [-0.05, 0) is 31.9 Å². The molecule has 0 radical (unpaired) electrons. The summed E-state index contributed by atoms with van der Waals surface area (Å²) in [5.74, 6) is -0.801. The fraction of sp³-hybridized carbons (Fsp3) is 0.462. The third kappa shape index (κ3) is 6.42. The maximum Gasteiger partial charge on any atom is 0.573 e. The first-order valence-corrected chi connectivity index (χ1v) is 6.18. The number of benzene rings is 1. The van der Waals surface area contributed by atoms with Crippen molar-refractivity contribution in [3.8, 4) is 5.75 Å². The summed E-state index contributed by atoms with van der Waals surface area (Å²) in [6, 6.07) is 5.40. The number of nitrogens with one attached hydrogen (secondary N) is 1. The molecule has 0 heterocycles. The molecular weight excluding hydrogens is 273 g/mol. The van der Waals surface area contributed by atoms with Crippen molar-refractivity contribution < 1.29 is 22.7 Å². The quantitative estimate of drug-likeness (QED) is 0.846. The number of hydrogen-bond donors (Lipinski definition) is 2. The summed E-state index contributed by atoms with van der Waals surface area (Å²) < 4.78 is 40.4. The van der Waals surface area contributed by atoms with Crippen LogP contribution in [0.4, 0.5) is 18.9 Å². The summed E-state index contributed by atoms with van der Waals surface area (Å²) in [5.41, 5.74) is 5.54. The molecule has 1 aromatic carbocycles. The number of carbonyl (C=O) groups excluding carboxylic acids is 1. The van der Waals surface area contributed by atoms with Crippen molar-refractivity contribution in [2.24, 2.45) is 5.73 Å².